The van der Waals surface area contributed by atoms with E-state index in [1.165, 1.54) is 11.0 Å². The number of ether oxygens (including phenoxy) is 2. The van der Waals surface area contributed by atoms with Crippen LogP contribution in [0.2, 0.25) is 0 Å². The smallest absolute Gasteiger partial charge is 0.246 e. The summed E-state index contributed by atoms with van der Waals surface area (Å²) in [5, 5.41) is 2.93. The third-order valence-corrected chi connectivity index (χ3v) is 5.43. The maximum absolute atomic E-state index is 12.6. The van der Waals surface area contributed by atoms with Crippen molar-refractivity contribution in [2.45, 2.75) is 47.1 Å². The van der Waals surface area contributed by atoms with E-state index >= 15 is 0 Å². The van der Waals surface area contributed by atoms with Gasteiger partial charge in [0, 0.05) is 36.4 Å². The minimum Gasteiger partial charge on any atom is -0.493 e. The van der Waals surface area contributed by atoms with Gasteiger partial charge in [-0.1, -0.05) is 17.7 Å². The Morgan fingerprint density at radius 3 is 2.53 bits per heavy atom. The molecule has 1 N–H and O–H groups in total. The molecule has 0 saturated carbocycles. The highest BCUT2D eigenvalue weighted by atomic mass is 16.5. The molecule has 0 fully saturated rings. The number of carbonyl (C=O) groups is 2. The predicted molar refractivity (Wildman–Crippen MR) is 127 cm³/mol. The van der Waals surface area contributed by atoms with Crippen LogP contribution in [0.1, 0.15) is 41.7 Å². The summed E-state index contributed by atoms with van der Waals surface area (Å²) < 4.78 is 11.6. The van der Waals surface area contributed by atoms with Crippen molar-refractivity contribution in [1.82, 2.24) is 4.90 Å². The minimum absolute atomic E-state index is 0.0426. The highest BCUT2D eigenvalue weighted by molar-refractivity contribution is 5.98. The van der Waals surface area contributed by atoms with E-state index in [0.29, 0.717) is 6.61 Å². The fourth-order valence-corrected chi connectivity index (χ4v) is 4.00. The highest BCUT2D eigenvalue weighted by Crippen LogP contribution is 2.35. The molecule has 6 nitrogen and oxygen atoms in total. The fourth-order valence-electron chi connectivity index (χ4n) is 4.00. The molecule has 3 rings (SSSR count). The van der Waals surface area contributed by atoms with Gasteiger partial charge >= 0.3 is 0 Å². The van der Waals surface area contributed by atoms with E-state index in [1.54, 1.807) is 13.1 Å². The molecular formula is C26H32N2O4. The molecule has 2 aromatic rings. The summed E-state index contributed by atoms with van der Waals surface area (Å²) >= 11 is 0. The average molecular weight is 437 g/mol. The lowest BCUT2D eigenvalue weighted by Gasteiger charge is -2.17. The van der Waals surface area contributed by atoms with Gasteiger partial charge in [-0.05, 0) is 64.0 Å². The first kappa shape index (κ1) is 23.4. The zero-order valence-corrected chi connectivity index (χ0v) is 19.7. The number of anilines is 1. The summed E-state index contributed by atoms with van der Waals surface area (Å²) in [6.07, 6.45) is 4.14. The molecule has 0 aliphatic carbocycles. The van der Waals surface area contributed by atoms with Crippen molar-refractivity contribution in [2.24, 2.45) is 0 Å². The van der Waals surface area contributed by atoms with E-state index < -0.39 is 0 Å². The summed E-state index contributed by atoms with van der Waals surface area (Å²) in [5.41, 5.74) is 5.83. The first-order valence-corrected chi connectivity index (χ1v) is 10.9. The lowest BCUT2D eigenvalue weighted by atomic mass is 10.1. The van der Waals surface area contributed by atoms with Crippen LogP contribution < -0.4 is 14.8 Å². The summed E-state index contributed by atoms with van der Waals surface area (Å²) in [4.78, 5) is 26.5. The summed E-state index contributed by atoms with van der Waals surface area (Å²) in [5.74, 6) is 1.04. The molecule has 6 heteroatoms. The van der Waals surface area contributed by atoms with E-state index in [1.807, 2.05) is 58.9 Å². The van der Waals surface area contributed by atoms with E-state index in [4.69, 9.17) is 9.47 Å². The number of nitrogens with one attached hydrogen (secondary N) is 1. The van der Waals surface area contributed by atoms with Crippen LogP contribution in [0.4, 0.5) is 5.69 Å². The van der Waals surface area contributed by atoms with Gasteiger partial charge in [-0.2, -0.15) is 0 Å². The van der Waals surface area contributed by atoms with Crippen molar-refractivity contribution in [1.29, 1.82) is 0 Å². The zero-order chi connectivity index (χ0) is 23.4. The van der Waals surface area contributed by atoms with E-state index in [0.717, 1.165) is 51.4 Å². The molecule has 1 unspecified atom stereocenters. The first-order valence-electron chi connectivity index (χ1n) is 10.9. The van der Waals surface area contributed by atoms with E-state index in [9.17, 15) is 9.59 Å². The maximum Gasteiger partial charge on any atom is 0.246 e. The second-order valence-electron chi connectivity index (χ2n) is 8.41. The van der Waals surface area contributed by atoms with Crippen LogP contribution in [-0.2, 0) is 16.0 Å². The van der Waals surface area contributed by atoms with Crippen molar-refractivity contribution in [3.63, 3.8) is 0 Å². The Kier molecular flexibility index (Phi) is 7.23. The first-order chi connectivity index (χ1) is 15.2. The van der Waals surface area contributed by atoms with Crippen LogP contribution in [0.15, 0.2) is 30.3 Å². The fraction of sp³-hybridized carbons (Fsp3) is 0.385. The number of rotatable bonds is 7. The molecule has 1 aliphatic rings. The molecule has 32 heavy (non-hydrogen) atoms. The normalized spacial score (nSPS) is 14.8. The molecular weight excluding hydrogens is 404 g/mol. The molecule has 2 aromatic carbocycles. The standard InChI is InChI=1S/C26H32N2O4/c1-7-31-22-14-21-12-19(5)32-23(21)13-20(22)8-9-25(30)28(6)15-24(29)27-26-17(3)10-16(2)11-18(26)4/h8-11,13-14,19H,7,12,15H2,1-6H3,(H,27,29)/b9-8+. The third-order valence-electron chi connectivity index (χ3n) is 5.43. The number of carbonyl (C=O) groups excluding carboxylic acids is 2. The van der Waals surface area contributed by atoms with Crippen molar-refractivity contribution < 1.29 is 19.1 Å². The molecule has 0 aromatic heterocycles. The van der Waals surface area contributed by atoms with Gasteiger partial charge in [-0.3, -0.25) is 9.59 Å². The monoisotopic (exact) mass is 436 g/mol. The van der Waals surface area contributed by atoms with Gasteiger partial charge in [0.15, 0.2) is 0 Å². The van der Waals surface area contributed by atoms with Gasteiger partial charge in [0.2, 0.25) is 11.8 Å². The minimum atomic E-state index is -0.269. The van der Waals surface area contributed by atoms with Gasteiger partial charge in [-0.15, -0.1) is 0 Å². The zero-order valence-electron chi connectivity index (χ0n) is 19.7. The van der Waals surface area contributed by atoms with Crippen molar-refractivity contribution in [3.8, 4) is 11.5 Å². The molecule has 0 spiro atoms. The molecule has 1 atom stereocenters. The van der Waals surface area contributed by atoms with Crippen LogP contribution in [0.5, 0.6) is 11.5 Å². The molecule has 170 valence electrons. The van der Waals surface area contributed by atoms with Gasteiger partial charge in [0.25, 0.3) is 0 Å². The number of benzene rings is 2. The Balaban J connectivity index is 1.67. The Hall–Kier alpha value is -3.28. The molecule has 1 heterocycles. The van der Waals surface area contributed by atoms with Crippen LogP contribution in [-0.4, -0.2) is 43.0 Å². The Morgan fingerprint density at radius 2 is 1.88 bits per heavy atom. The number of hydrogen-bond donors (Lipinski definition) is 1. The number of amides is 2. The average Bonchev–Trinajstić information content (AvgIpc) is 3.07. The highest BCUT2D eigenvalue weighted by Gasteiger charge is 2.21. The van der Waals surface area contributed by atoms with E-state index in [2.05, 4.69) is 5.32 Å². The Morgan fingerprint density at radius 1 is 1.19 bits per heavy atom. The second kappa shape index (κ2) is 9.90. The number of fused-ring (bicyclic) bond motifs is 1. The van der Waals surface area contributed by atoms with Crippen molar-refractivity contribution in [2.75, 3.05) is 25.5 Å². The summed E-state index contributed by atoms with van der Waals surface area (Å²) in [6, 6.07) is 7.94. The number of likely N-dealkylation sites (N-methyl/N-ethyl adjacent to an activating group) is 1. The SMILES string of the molecule is CCOc1cc2c(cc1/C=C/C(=O)N(C)CC(=O)Nc1c(C)cc(C)cc1C)OC(C)C2. The quantitative estimate of drug-likeness (QED) is 0.652. The van der Waals surface area contributed by atoms with Gasteiger partial charge < -0.3 is 19.7 Å². The van der Waals surface area contributed by atoms with Gasteiger partial charge in [0.1, 0.15) is 17.6 Å². The summed E-state index contributed by atoms with van der Waals surface area (Å²) in [6.45, 7) is 10.4. The molecule has 0 bridgehead atoms. The Labute approximate surface area is 190 Å². The third kappa shape index (κ3) is 5.49. The topological polar surface area (TPSA) is 67.9 Å². The number of nitrogens with zero attached hydrogens (tertiary/aromatic N) is 1. The van der Waals surface area contributed by atoms with Crippen LogP contribution in [0.25, 0.3) is 6.08 Å². The number of hydrogen-bond acceptors (Lipinski definition) is 4. The maximum atomic E-state index is 12.6. The van der Waals surface area contributed by atoms with Gasteiger partial charge in [0.05, 0.1) is 13.2 Å². The van der Waals surface area contributed by atoms with E-state index in [-0.39, 0.29) is 24.5 Å². The van der Waals surface area contributed by atoms with Crippen LogP contribution in [0, 0.1) is 20.8 Å². The molecule has 2 amide bonds. The van der Waals surface area contributed by atoms with Crippen molar-refractivity contribution >= 4 is 23.6 Å². The molecule has 0 radical (unpaired) electrons. The largest absolute Gasteiger partial charge is 0.493 e. The van der Waals surface area contributed by atoms with Crippen LogP contribution >= 0.6 is 0 Å². The predicted octanol–water partition coefficient (Wildman–Crippen LogP) is 4.44. The lowest BCUT2D eigenvalue weighted by Crippen LogP contribution is -2.34. The summed E-state index contributed by atoms with van der Waals surface area (Å²) in [7, 11) is 1.61. The lowest BCUT2D eigenvalue weighted by molar-refractivity contribution is -0.129. The molecule has 1 aliphatic heterocycles. The Bertz CT molecular complexity index is 1040. The van der Waals surface area contributed by atoms with Crippen molar-refractivity contribution in [3.05, 3.63) is 58.2 Å². The van der Waals surface area contributed by atoms with Gasteiger partial charge in [-0.25, -0.2) is 0 Å². The molecule has 0 saturated heterocycles. The number of aryl methyl sites for hydroxylation is 3. The van der Waals surface area contributed by atoms with Crippen LogP contribution in [0.3, 0.4) is 0 Å². The second-order valence-corrected chi connectivity index (χ2v) is 8.41.